The summed E-state index contributed by atoms with van der Waals surface area (Å²) in [5, 5.41) is 16.2. The summed E-state index contributed by atoms with van der Waals surface area (Å²) in [5.41, 5.74) is 1.69. The maximum atomic E-state index is 13.6. The van der Waals surface area contributed by atoms with Crippen molar-refractivity contribution in [2.75, 3.05) is 0 Å². The number of Topliss-reactive ketones (excluding diaryl/α,β-unsaturated/α-hetero) is 1. The molecule has 214 valence electrons. The lowest BCUT2D eigenvalue weighted by atomic mass is 9.96. The Morgan fingerprint density at radius 1 is 0.902 bits per heavy atom. The molecule has 4 rings (SSSR count). The number of hydrogen-bond donors (Lipinski definition) is 3. The number of carbonyl (C=O) groups excluding carboxylic acids is 3. The summed E-state index contributed by atoms with van der Waals surface area (Å²) in [4.78, 5) is 39.1. The Morgan fingerprint density at radius 2 is 1.51 bits per heavy atom. The van der Waals surface area contributed by atoms with Crippen LogP contribution in [-0.4, -0.2) is 40.6 Å². The van der Waals surface area contributed by atoms with E-state index >= 15 is 0 Å². The van der Waals surface area contributed by atoms with Crippen molar-refractivity contribution in [1.82, 2.24) is 10.6 Å². The van der Waals surface area contributed by atoms with Crippen molar-refractivity contribution in [3.8, 4) is 5.75 Å². The van der Waals surface area contributed by atoms with Gasteiger partial charge in [-0.2, -0.15) is 0 Å². The van der Waals surface area contributed by atoms with Gasteiger partial charge in [0.05, 0.1) is 12.1 Å². The van der Waals surface area contributed by atoms with Crippen LogP contribution in [0.5, 0.6) is 5.75 Å². The number of alkyl carbamates (subject to hydrolysis) is 1. The van der Waals surface area contributed by atoms with Gasteiger partial charge in [-0.3, -0.25) is 9.59 Å². The lowest BCUT2D eigenvalue weighted by molar-refractivity contribution is -0.123. The Kier molecular flexibility index (Phi) is 9.45. The van der Waals surface area contributed by atoms with Gasteiger partial charge in [0.2, 0.25) is 0 Å². The summed E-state index contributed by atoms with van der Waals surface area (Å²) in [6.45, 7) is 5.56. The first-order chi connectivity index (χ1) is 19.6. The molecule has 0 aromatic heterocycles. The van der Waals surface area contributed by atoms with Crippen LogP contribution < -0.4 is 15.4 Å². The van der Waals surface area contributed by atoms with E-state index < -0.39 is 35.5 Å². The Labute approximate surface area is 240 Å². The fourth-order valence-corrected chi connectivity index (χ4v) is 4.52. The molecule has 0 unspecified atom stereocenters. The number of ether oxygens (including phenoxy) is 2. The zero-order valence-corrected chi connectivity index (χ0v) is 23.6. The zero-order chi connectivity index (χ0) is 29.4. The number of aliphatic hydroxyl groups is 1. The minimum absolute atomic E-state index is 0.0792. The number of ketones is 1. The highest BCUT2D eigenvalue weighted by molar-refractivity contribution is 6.23. The highest BCUT2D eigenvalue weighted by atomic mass is 16.6. The predicted octanol–water partition coefficient (Wildman–Crippen LogP) is 5.21. The molecule has 0 bridgehead atoms. The summed E-state index contributed by atoms with van der Waals surface area (Å²) in [6.07, 6.45) is 0.316. The number of nitrogens with one attached hydrogen (secondary N) is 2. The van der Waals surface area contributed by atoms with E-state index in [9.17, 15) is 19.5 Å². The lowest BCUT2D eigenvalue weighted by Gasteiger charge is -2.23. The summed E-state index contributed by atoms with van der Waals surface area (Å²) in [5.74, 6) is -1.00. The lowest BCUT2D eigenvalue weighted by Crippen LogP contribution is -2.46. The topological polar surface area (TPSA) is 114 Å². The van der Waals surface area contributed by atoms with Crippen LogP contribution in [0.1, 0.15) is 43.9 Å². The number of aryl methyl sites for hydroxylation is 1. The van der Waals surface area contributed by atoms with Gasteiger partial charge in [-0.15, -0.1) is 0 Å². The largest absolute Gasteiger partial charge is 0.509 e. The van der Waals surface area contributed by atoms with Crippen LogP contribution in [0.15, 0.2) is 96.3 Å². The van der Waals surface area contributed by atoms with Crippen molar-refractivity contribution in [3.63, 3.8) is 0 Å². The maximum Gasteiger partial charge on any atom is 0.408 e. The van der Waals surface area contributed by atoms with Crippen LogP contribution in [0.4, 0.5) is 4.79 Å². The Bertz CT molecular complexity index is 1380. The molecule has 3 aromatic carbocycles. The summed E-state index contributed by atoms with van der Waals surface area (Å²) in [6, 6.07) is 24.8. The average Bonchev–Trinajstić information content (AvgIpc) is 3.23. The Hall–Kier alpha value is -4.59. The van der Waals surface area contributed by atoms with Gasteiger partial charge in [0.15, 0.2) is 5.78 Å². The fourth-order valence-electron chi connectivity index (χ4n) is 4.52. The highest BCUT2D eigenvalue weighted by Crippen LogP contribution is 2.23. The number of rotatable bonds is 11. The van der Waals surface area contributed by atoms with Crippen LogP contribution in [-0.2, 0) is 33.8 Å². The monoisotopic (exact) mass is 556 g/mol. The first-order valence-corrected chi connectivity index (χ1v) is 13.7. The minimum atomic E-state index is -1.14. The maximum absolute atomic E-state index is 13.6. The van der Waals surface area contributed by atoms with Crippen molar-refractivity contribution >= 4 is 17.8 Å². The minimum Gasteiger partial charge on any atom is -0.509 e. The molecule has 3 aromatic rings. The molecule has 0 fully saturated rings. The number of hydrogen-bond acceptors (Lipinski definition) is 6. The van der Waals surface area contributed by atoms with Gasteiger partial charge in [0.1, 0.15) is 29.3 Å². The number of carbonyl (C=O) groups is 3. The van der Waals surface area contributed by atoms with Gasteiger partial charge >= 0.3 is 6.09 Å². The SMILES string of the molecule is CC(C)(C)OC(=O)N[C@@H](Cc1ccc(OCc2ccccc2)cc1)C(=O)C1=C(O)[C@@H](CCc2ccccc2)NC1=O. The third-order valence-electron chi connectivity index (χ3n) is 6.55. The standard InChI is InChI=1S/C33H36N2O6/c1-33(2,3)41-32(39)35-27(20-23-14-17-25(18-15-23)40-21-24-12-8-5-9-13-24)30(37)28-29(36)26(34-31(28)38)19-16-22-10-6-4-7-11-22/h4-15,17-18,26-27,36H,16,19-21H2,1-3H3,(H,34,38)(H,35,39)/t26-,27+/m1/s1. The third kappa shape index (κ3) is 8.45. The highest BCUT2D eigenvalue weighted by Gasteiger charge is 2.39. The van der Waals surface area contributed by atoms with E-state index in [4.69, 9.17) is 9.47 Å². The molecule has 1 aliphatic rings. The molecular weight excluding hydrogens is 520 g/mol. The van der Waals surface area contributed by atoms with Crippen molar-refractivity contribution in [2.45, 2.75) is 64.3 Å². The number of amides is 2. The smallest absolute Gasteiger partial charge is 0.408 e. The van der Waals surface area contributed by atoms with E-state index in [0.29, 0.717) is 25.2 Å². The normalized spacial score (nSPS) is 15.7. The summed E-state index contributed by atoms with van der Waals surface area (Å²) >= 11 is 0. The summed E-state index contributed by atoms with van der Waals surface area (Å²) < 4.78 is 11.2. The molecular formula is C33H36N2O6. The second kappa shape index (κ2) is 13.2. The van der Waals surface area contributed by atoms with Crippen molar-refractivity contribution in [3.05, 3.63) is 113 Å². The van der Waals surface area contributed by atoms with Crippen LogP contribution in [0, 0.1) is 0 Å². The molecule has 0 spiro atoms. The van der Waals surface area contributed by atoms with Gasteiger partial charge in [-0.25, -0.2) is 4.79 Å². The number of aliphatic hydroxyl groups excluding tert-OH is 1. The van der Waals surface area contributed by atoms with E-state index in [2.05, 4.69) is 10.6 Å². The predicted molar refractivity (Wildman–Crippen MR) is 155 cm³/mol. The van der Waals surface area contributed by atoms with Gasteiger partial charge in [-0.1, -0.05) is 72.8 Å². The first-order valence-electron chi connectivity index (χ1n) is 13.7. The van der Waals surface area contributed by atoms with E-state index in [-0.39, 0.29) is 17.8 Å². The van der Waals surface area contributed by atoms with Crippen LogP contribution in [0.3, 0.4) is 0 Å². The van der Waals surface area contributed by atoms with Crippen molar-refractivity contribution in [1.29, 1.82) is 0 Å². The molecule has 2 amide bonds. The molecule has 41 heavy (non-hydrogen) atoms. The van der Waals surface area contributed by atoms with Gasteiger partial charge < -0.3 is 25.2 Å². The van der Waals surface area contributed by atoms with Crippen molar-refractivity contribution < 1.29 is 29.0 Å². The quantitative estimate of drug-likeness (QED) is 0.279. The average molecular weight is 557 g/mol. The molecule has 1 aliphatic heterocycles. The first kappa shape index (κ1) is 29.4. The van der Waals surface area contributed by atoms with E-state index in [1.165, 1.54) is 0 Å². The van der Waals surface area contributed by atoms with E-state index in [1.807, 2.05) is 60.7 Å². The molecule has 1 heterocycles. The van der Waals surface area contributed by atoms with Crippen molar-refractivity contribution in [2.24, 2.45) is 0 Å². The summed E-state index contributed by atoms with van der Waals surface area (Å²) in [7, 11) is 0. The third-order valence-corrected chi connectivity index (χ3v) is 6.55. The molecule has 8 heteroatoms. The second-order valence-electron chi connectivity index (χ2n) is 11.0. The molecule has 8 nitrogen and oxygen atoms in total. The van der Waals surface area contributed by atoms with Crippen LogP contribution in [0.2, 0.25) is 0 Å². The molecule has 0 radical (unpaired) electrons. The molecule has 3 N–H and O–H groups in total. The fraction of sp³-hybridized carbons (Fsp3) is 0.303. The molecule has 2 atom stereocenters. The van der Waals surface area contributed by atoms with E-state index in [1.54, 1.807) is 45.0 Å². The van der Waals surface area contributed by atoms with Crippen LogP contribution >= 0.6 is 0 Å². The molecule has 0 saturated heterocycles. The van der Waals surface area contributed by atoms with Gasteiger partial charge in [0.25, 0.3) is 5.91 Å². The Morgan fingerprint density at radius 3 is 2.12 bits per heavy atom. The van der Waals surface area contributed by atoms with Gasteiger partial charge in [-0.05, 0) is 62.4 Å². The van der Waals surface area contributed by atoms with E-state index in [0.717, 1.165) is 16.7 Å². The number of benzene rings is 3. The zero-order valence-electron chi connectivity index (χ0n) is 23.6. The second-order valence-corrected chi connectivity index (χ2v) is 11.0. The molecule has 0 saturated carbocycles. The van der Waals surface area contributed by atoms with Crippen LogP contribution in [0.25, 0.3) is 0 Å². The molecule has 0 aliphatic carbocycles. The Balaban J connectivity index is 1.48. The van der Waals surface area contributed by atoms with Gasteiger partial charge in [0, 0.05) is 6.42 Å².